The van der Waals surface area contributed by atoms with E-state index in [1.54, 1.807) is 0 Å². The third kappa shape index (κ3) is 7.97. The molecule has 0 spiro atoms. The van der Waals surface area contributed by atoms with E-state index in [0.717, 1.165) is 31.9 Å². The Hall–Kier alpha value is -2.04. The van der Waals surface area contributed by atoms with Gasteiger partial charge in [0.15, 0.2) is 5.96 Å². The Labute approximate surface area is 126 Å². The molecule has 21 heavy (non-hydrogen) atoms. The Kier molecular flexibility index (Phi) is 8.68. The predicted molar refractivity (Wildman–Crippen MR) is 85.1 cm³/mol. The van der Waals surface area contributed by atoms with Crippen LogP contribution in [-0.4, -0.2) is 32.1 Å². The number of hydrogen-bond acceptors (Lipinski definition) is 3. The molecule has 0 bridgehead atoms. The minimum atomic E-state index is -0.153. The van der Waals surface area contributed by atoms with E-state index in [1.807, 2.05) is 25.1 Å². The summed E-state index contributed by atoms with van der Waals surface area (Å²) in [5.74, 6) is 0.652. The lowest BCUT2D eigenvalue weighted by Crippen LogP contribution is -2.37. The standard InChI is InChI=1S/C16H25N3O2/c1-3-17-16(18-12-8-7-11-15(20)21-2)19-13-14-9-5-4-6-10-14/h4-6,9-10H,3,7-8,11-13H2,1-2H3,(H2,17,18,19). The second kappa shape index (κ2) is 10.7. The van der Waals surface area contributed by atoms with E-state index in [4.69, 9.17) is 0 Å². The molecule has 5 nitrogen and oxygen atoms in total. The molecular formula is C16H25N3O2. The van der Waals surface area contributed by atoms with Crippen molar-refractivity contribution in [3.8, 4) is 0 Å². The van der Waals surface area contributed by atoms with Gasteiger partial charge in [0.25, 0.3) is 0 Å². The van der Waals surface area contributed by atoms with Gasteiger partial charge < -0.3 is 15.4 Å². The summed E-state index contributed by atoms with van der Waals surface area (Å²) in [6, 6.07) is 10.1. The van der Waals surface area contributed by atoms with Gasteiger partial charge in [-0.3, -0.25) is 4.79 Å². The van der Waals surface area contributed by atoms with Crippen molar-refractivity contribution in [2.75, 3.05) is 20.2 Å². The summed E-state index contributed by atoms with van der Waals surface area (Å²) in [6.45, 7) is 4.30. The quantitative estimate of drug-likeness (QED) is 0.333. The van der Waals surface area contributed by atoms with E-state index < -0.39 is 0 Å². The van der Waals surface area contributed by atoms with Gasteiger partial charge in [0, 0.05) is 19.5 Å². The summed E-state index contributed by atoms with van der Waals surface area (Å²) in [6.07, 6.45) is 2.19. The molecule has 0 aliphatic rings. The lowest BCUT2D eigenvalue weighted by atomic mass is 10.2. The van der Waals surface area contributed by atoms with Crippen molar-refractivity contribution in [1.82, 2.24) is 10.6 Å². The van der Waals surface area contributed by atoms with Crippen molar-refractivity contribution in [1.29, 1.82) is 0 Å². The number of nitrogens with one attached hydrogen (secondary N) is 2. The average Bonchev–Trinajstić information content (AvgIpc) is 2.52. The number of carbonyl (C=O) groups excluding carboxylic acids is 1. The van der Waals surface area contributed by atoms with Gasteiger partial charge in [0.2, 0.25) is 0 Å². The maximum atomic E-state index is 11.0. The number of esters is 1. The molecule has 0 unspecified atom stereocenters. The summed E-state index contributed by atoms with van der Waals surface area (Å²) >= 11 is 0. The first kappa shape index (κ1) is 17.0. The third-order valence-corrected chi connectivity index (χ3v) is 2.93. The number of ether oxygens (including phenoxy) is 1. The van der Waals surface area contributed by atoms with Crippen molar-refractivity contribution < 1.29 is 9.53 Å². The van der Waals surface area contributed by atoms with Gasteiger partial charge >= 0.3 is 5.97 Å². The van der Waals surface area contributed by atoms with Gasteiger partial charge in [-0.25, -0.2) is 4.99 Å². The lowest BCUT2D eigenvalue weighted by Gasteiger charge is -2.11. The van der Waals surface area contributed by atoms with Crippen molar-refractivity contribution in [2.24, 2.45) is 4.99 Å². The summed E-state index contributed by atoms with van der Waals surface area (Å²) in [4.78, 5) is 15.5. The third-order valence-electron chi connectivity index (χ3n) is 2.93. The maximum Gasteiger partial charge on any atom is 0.305 e. The SMILES string of the molecule is CCNC(=NCc1ccccc1)NCCCCC(=O)OC. The van der Waals surface area contributed by atoms with Crippen molar-refractivity contribution in [2.45, 2.75) is 32.7 Å². The highest BCUT2D eigenvalue weighted by Gasteiger charge is 2.00. The highest BCUT2D eigenvalue weighted by atomic mass is 16.5. The van der Waals surface area contributed by atoms with Gasteiger partial charge in [-0.2, -0.15) is 0 Å². The molecule has 0 fully saturated rings. The molecular weight excluding hydrogens is 266 g/mol. The van der Waals surface area contributed by atoms with Crippen LogP contribution in [0.2, 0.25) is 0 Å². The number of aliphatic imine (C=N–C) groups is 1. The van der Waals surface area contributed by atoms with Crippen LogP contribution in [-0.2, 0) is 16.1 Å². The van der Waals surface area contributed by atoms with Crippen LogP contribution in [0.3, 0.4) is 0 Å². The predicted octanol–water partition coefficient (Wildman–Crippen LogP) is 2.08. The smallest absolute Gasteiger partial charge is 0.305 e. The summed E-state index contributed by atoms with van der Waals surface area (Å²) < 4.78 is 4.61. The monoisotopic (exact) mass is 291 g/mol. The van der Waals surface area contributed by atoms with Crippen LogP contribution in [0.25, 0.3) is 0 Å². The zero-order valence-electron chi connectivity index (χ0n) is 12.9. The van der Waals surface area contributed by atoms with E-state index in [9.17, 15) is 4.79 Å². The lowest BCUT2D eigenvalue weighted by molar-refractivity contribution is -0.140. The minimum Gasteiger partial charge on any atom is -0.469 e. The molecule has 0 radical (unpaired) electrons. The van der Waals surface area contributed by atoms with E-state index in [2.05, 4.69) is 32.5 Å². The van der Waals surface area contributed by atoms with Crippen LogP contribution in [0.1, 0.15) is 31.7 Å². The fourth-order valence-electron chi connectivity index (χ4n) is 1.80. The Morgan fingerprint density at radius 2 is 1.95 bits per heavy atom. The first-order valence-electron chi connectivity index (χ1n) is 7.39. The van der Waals surface area contributed by atoms with Crippen molar-refractivity contribution in [3.05, 3.63) is 35.9 Å². The van der Waals surface area contributed by atoms with Gasteiger partial charge in [-0.05, 0) is 25.3 Å². The zero-order chi connectivity index (χ0) is 15.3. The van der Waals surface area contributed by atoms with Gasteiger partial charge in [-0.15, -0.1) is 0 Å². The molecule has 2 N–H and O–H groups in total. The van der Waals surface area contributed by atoms with E-state index in [-0.39, 0.29) is 5.97 Å². The molecule has 1 aromatic rings. The Morgan fingerprint density at radius 3 is 2.62 bits per heavy atom. The average molecular weight is 291 g/mol. The number of nitrogens with zero attached hydrogens (tertiary/aromatic N) is 1. The largest absolute Gasteiger partial charge is 0.469 e. The van der Waals surface area contributed by atoms with E-state index >= 15 is 0 Å². The van der Waals surface area contributed by atoms with E-state index in [1.165, 1.54) is 12.7 Å². The van der Waals surface area contributed by atoms with Gasteiger partial charge in [0.1, 0.15) is 0 Å². The highest BCUT2D eigenvalue weighted by molar-refractivity contribution is 5.79. The number of methoxy groups -OCH3 is 1. The second-order valence-corrected chi connectivity index (χ2v) is 4.64. The van der Waals surface area contributed by atoms with Crippen molar-refractivity contribution >= 4 is 11.9 Å². The van der Waals surface area contributed by atoms with Crippen LogP contribution < -0.4 is 10.6 Å². The Balaban J connectivity index is 2.30. The topological polar surface area (TPSA) is 62.7 Å². The van der Waals surface area contributed by atoms with Crippen LogP contribution in [0, 0.1) is 0 Å². The van der Waals surface area contributed by atoms with Crippen LogP contribution in [0.15, 0.2) is 35.3 Å². The molecule has 0 aliphatic heterocycles. The Bertz CT molecular complexity index is 432. The van der Waals surface area contributed by atoms with Gasteiger partial charge in [0.05, 0.1) is 13.7 Å². The summed E-state index contributed by atoms with van der Waals surface area (Å²) in [5, 5.41) is 6.48. The molecule has 0 aromatic heterocycles. The first-order chi connectivity index (χ1) is 10.3. The molecule has 1 rings (SSSR count). The summed E-state index contributed by atoms with van der Waals surface area (Å²) in [5.41, 5.74) is 1.18. The zero-order valence-corrected chi connectivity index (χ0v) is 12.9. The first-order valence-corrected chi connectivity index (χ1v) is 7.39. The molecule has 0 saturated carbocycles. The second-order valence-electron chi connectivity index (χ2n) is 4.64. The molecule has 0 aliphatic carbocycles. The summed E-state index contributed by atoms with van der Waals surface area (Å²) in [7, 11) is 1.42. The molecule has 1 aromatic carbocycles. The molecule has 0 atom stereocenters. The number of benzene rings is 1. The minimum absolute atomic E-state index is 0.153. The van der Waals surface area contributed by atoms with Crippen LogP contribution >= 0.6 is 0 Å². The number of guanidine groups is 1. The van der Waals surface area contributed by atoms with Crippen LogP contribution in [0.4, 0.5) is 0 Å². The molecule has 0 saturated heterocycles. The molecule has 0 heterocycles. The number of hydrogen-bond donors (Lipinski definition) is 2. The van der Waals surface area contributed by atoms with Crippen LogP contribution in [0.5, 0.6) is 0 Å². The number of unbranched alkanes of at least 4 members (excludes halogenated alkanes) is 1. The Morgan fingerprint density at radius 1 is 1.19 bits per heavy atom. The maximum absolute atomic E-state index is 11.0. The number of carbonyl (C=O) groups is 1. The fraction of sp³-hybridized carbons (Fsp3) is 0.500. The van der Waals surface area contributed by atoms with E-state index in [0.29, 0.717) is 13.0 Å². The highest BCUT2D eigenvalue weighted by Crippen LogP contribution is 2.00. The van der Waals surface area contributed by atoms with Crippen molar-refractivity contribution in [3.63, 3.8) is 0 Å². The molecule has 5 heteroatoms. The number of rotatable bonds is 8. The normalized spacial score (nSPS) is 11.0. The van der Waals surface area contributed by atoms with Gasteiger partial charge in [-0.1, -0.05) is 30.3 Å². The fourth-order valence-corrected chi connectivity index (χ4v) is 1.80. The molecule has 116 valence electrons. The molecule has 0 amide bonds.